The third kappa shape index (κ3) is 4.12. The summed E-state index contributed by atoms with van der Waals surface area (Å²) in [5.41, 5.74) is 0.752. The van der Waals surface area contributed by atoms with Crippen molar-refractivity contribution in [3.63, 3.8) is 0 Å². The Bertz CT molecular complexity index is 659. The Labute approximate surface area is 134 Å². The van der Waals surface area contributed by atoms with Crippen molar-refractivity contribution in [2.75, 3.05) is 17.7 Å². The lowest BCUT2D eigenvalue weighted by Crippen LogP contribution is -2.20. The van der Waals surface area contributed by atoms with E-state index in [2.05, 4.69) is 26.6 Å². The van der Waals surface area contributed by atoms with Crippen LogP contribution >= 0.6 is 28.1 Å². The summed E-state index contributed by atoms with van der Waals surface area (Å²) in [5.74, 6) is -0.745. The van der Waals surface area contributed by atoms with E-state index in [1.54, 1.807) is 31.4 Å². The highest BCUT2D eigenvalue weighted by Crippen LogP contribution is 2.27. The van der Waals surface area contributed by atoms with E-state index >= 15 is 0 Å². The number of nitrogens with one attached hydrogen (secondary N) is 2. The molecule has 0 aliphatic rings. The van der Waals surface area contributed by atoms with Crippen LogP contribution in [0.2, 0.25) is 0 Å². The molecule has 0 atom stereocenters. The first kappa shape index (κ1) is 15.7. The SMILES string of the molecule is COc1cccc(NC(=S)Nc2c(F)cc(F)cc2Br)c1. The van der Waals surface area contributed by atoms with Gasteiger partial charge in [0.15, 0.2) is 10.9 Å². The Morgan fingerprint density at radius 2 is 1.95 bits per heavy atom. The predicted octanol–water partition coefficient (Wildman–Crippen LogP) is 4.54. The summed E-state index contributed by atoms with van der Waals surface area (Å²) in [6, 6.07) is 9.04. The van der Waals surface area contributed by atoms with Crippen molar-refractivity contribution in [3.8, 4) is 5.75 Å². The predicted molar refractivity (Wildman–Crippen MR) is 86.9 cm³/mol. The summed E-state index contributed by atoms with van der Waals surface area (Å²) < 4.78 is 32.0. The third-order valence-electron chi connectivity index (χ3n) is 2.57. The van der Waals surface area contributed by atoms with E-state index in [1.165, 1.54) is 0 Å². The van der Waals surface area contributed by atoms with Crippen LogP contribution in [0.3, 0.4) is 0 Å². The fourth-order valence-corrected chi connectivity index (χ4v) is 2.37. The van der Waals surface area contributed by atoms with Crippen LogP contribution in [0.25, 0.3) is 0 Å². The molecule has 0 bridgehead atoms. The summed E-state index contributed by atoms with van der Waals surface area (Å²) in [6.45, 7) is 0. The molecule has 0 amide bonds. The fraction of sp³-hybridized carbons (Fsp3) is 0.0714. The average molecular weight is 373 g/mol. The van der Waals surface area contributed by atoms with Crippen molar-refractivity contribution in [2.45, 2.75) is 0 Å². The van der Waals surface area contributed by atoms with Crippen LogP contribution in [0.15, 0.2) is 40.9 Å². The molecule has 0 saturated carbocycles. The van der Waals surface area contributed by atoms with Gasteiger partial charge in [-0.3, -0.25) is 0 Å². The van der Waals surface area contributed by atoms with Crippen LogP contribution in [0.5, 0.6) is 5.75 Å². The number of hydrogen-bond acceptors (Lipinski definition) is 2. The number of rotatable bonds is 3. The van der Waals surface area contributed by atoms with E-state index in [0.29, 0.717) is 11.4 Å². The highest BCUT2D eigenvalue weighted by atomic mass is 79.9. The molecule has 2 N–H and O–H groups in total. The van der Waals surface area contributed by atoms with Gasteiger partial charge in [0, 0.05) is 22.3 Å². The molecule has 110 valence electrons. The molecule has 0 radical (unpaired) electrons. The van der Waals surface area contributed by atoms with Gasteiger partial charge in [0.2, 0.25) is 0 Å². The molecule has 2 rings (SSSR count). The maximum absolute atomic E-state index is 13.7. The van der Waals surface area contributed by atoms with E-state index in [-0.39, 0.29) is 15.3 Å². The third-order valence-corrected chi connectivity index (χ3v) is 3.40. The number of benzene rings is 2. The lowest BCUT2D eigenvalue weighted by Gasteiger charge is -2.13. The van der Waals surface area contributed by atoms with Gasteiger partial charge in [0.05, 0.1) is 12.8 Å². The van der Waals surface area contributed by atoms with Gasteiger partial charge in [-0.05, 0) is 46.3 Å². The first-order valence-electron chi connectivity index (χ1n) is 5.86. The summed E-state index contributed by atoms with van der Waals surface area (Å²) in [5, 5.41) is 5.75. The maximum atomic E-state index is 13.7. The highest BCUT2D eigenvalue weighted by molar-refractivity contribution is 9.10. The number of thiocarbonyl (C=S) groups is 1. The molecule has 0 saturated heterocycles. The minimum Gasteiger partial charge on any atom is -0.497 e. The zero-order valence-corrected chi connectivity index (χ0v) is 13.3. The fourth-order valence-electron chi connectivity index (χ4n) is 1.64. The van der Waals surface area contributed by atoms with Gasteiger partial charge in [-0.1, -0.05) is 6.07 Å². The molecule has 0 aliphatic carbocycles. The smallest absolute Gasteiger partial charge is 0.175 e. The van der Waals surface area contributed by atoms with Crippen LogP contribution < -0.4 is 15.4 Å². The first-order chi connectivity index (χ1) is 9.99. The monoisotopic (exact) mass is 372 g/mol. The summed E-state index contributed by atoms with van der Waals surface area (Å²) in [4.78, 5) is 0. The molecular formula is C14H11BrF2N2OS. The molecule has 7 heteroatoms. The van der Waals surface area contributed by atoms with Crippen LogP contribution in [-0.4, -0.2) is 12.2 Å². The number of ether oxygens (including phenoxy) is 1. The van der Waals surface area contributed by atoms with Crippen molar-refractivity contribution >= 4 is 44.6 Å². The van der Waals surface area contributed by atoms with Crippen molar-refractivity contribution in [1.82, 2.24) is 0 Å². The van der Waals surface area contributed by atoms with Crippen molar-refractivity contribution in [3.05, 3.63) is 52.5 Å². The molecule has 2 aromatic rings. The zero-order chi connectivity index (χ0) is 15.4. The largest absolute Gasteiger partial charge is 0.497 e. The van der Waals surface area contributed by atoms with Crippen molar-refractivity contribution in [1.29, 1.82) is 0 Å². The number of hydrogen-bond donors (Lipinski definition) is 2. The molecular weight excluding hydrogens is 362 g/mol. The lowest BCUT2D eigenvalue weighted by atomic mass is 10.3. The molecule has 21 heavy (non-hydrogen) atoms. The second-order valence-corrected chi connectivity index (χ2v) is 5.32. The summed E-state index contributed by atoms with van der Waals surface area (Å²) in [7, 11) is 1.56. The van der Waals surface area contributed by atoms with Crippen molar-refractivity contribution in [2.24, 2.45) is 0 Å². The van der Waals surface area contributed by atoms with Crippen LogP contribution in [0.1, 0.15) is 0 Å². The summed E-state index contributed by atoms with van der Waals surface area (Å²) in [6.07, 6.45) is 0. The summed E-state index contributed by atoms with van der Waals surface area (Å²) >= 11 is 8.19. The van der Waals surface area contributed by atoms with Gasteiger partial charge >= 0.3 is 0 Å². The van der Waals surface area contributed by atoms with Gasteiger partial charge in [-0.2, -0.15) is 0 Å². The van der Waals surface area contributed by atoms with Crippen LogP contribution in [0, 0.1) is 11.6 Å². The van der Waals surface area contributed by atoms with Gasteiger partial charge in [0.1, 0.15) is 11.6 Å². The van der Waals surface area contributed by atoms with E-state index < -0.39 is 11.6 Å². The van der Waals surface area contributed by atoms with Gasteiger partial charge in [-0.25, -0.2) is 8.78 Å². The van der Waals surface area contributed by atoms with Crippen LogP contribution in [-0.2, 0) is 0 Å². The van der Waals surface area contributed by atoms with E-state index in [0.717, 1.165) is 12.1 Å². The second-order valence-electron chi connectivity index (χ2n) is 4.06. The highest BCUT2D eigenvalue weighted by Gasteiger charge is 2.11. The zero-order valence-electron chi connectivity index (χ0n) is 10.9. The molecule has 0 spiro atoms. The Morgan fingerprint density at radius 3 is 2.62 bits per heavy atom. The van der Waals surface area contributed by atoms with E-state index in [9.17, 15) is 8.78 Å². The molecule has 3 nitrogen and oxygen atoms in total. The molecule has 0 heterocycles. The quantitative estimate of drug-likeness (QED) is 0.774. The Kier molecular flexibility index (Phi) is 5.08. The molecule has 0 unspecified atom stereocenters. The topological polar surface area (TPSA) is 33.3 Å². The minimum absolute atomic E-state index is 0.0665. The van der Waals surface area contributed by atoms with Gasteiger partial charge in [0.25, 0.3) is 0 Å². The normalized spacial score (nSPS) is 10.1. The number of halogens is 3. The Hall–Kier alpha value is -1.73. The Morgan fingerprint density at radius 1 is 1.19 bits per heavy atom. The number of anilines is 2. The maximum Gasteiger partial charge on any atom is 0.175 e. The average Bonchev–Trinajstić information content (AvgIpc) is 2.43. The van der Waals surface area contributed by atoms with E-state index in [1.807, 2.05) is 0 Å². The van der Waals surface area contributed by atoms with Crippen molar-refractivity contribution < 1.29 is 13.5 Å². The van der Waals surface area contributed by atoms with E-state index in [4.69, 9.17) is 17.0 Å². The number of methoxy groups -OCH3 is 1. The second kappa shape index (κ2) is 6.82. The standard InChI is InChI=1S/C14H11BrF2N2OS/c1-20-10-4-2-3-9(7-10)18-14(21)19-13-11(15)5-8(16)6-12(13)17/h2-7H,1H3,(H2,18,19,21). The van der Waals surface area contributed by atoms with Crippen LogP contribution in [0.4, 0.5) is 20.2 Å². The molecule has 0 aliphatic heterocycles. The van der Waals surface area contributed by atoms with Gasteiger partial charge < -0.3 is 15.4 Å². The van der Waals surface area contributed by atoms with Gasteiger partial charge in [-0.15, -0.1) is 0 Å². The lowest BCUT2D eigenvalue weighted by molar-refractivity contribution is 0.415. The Balaban J connectivity index is 2.12. The minimum atomic E-state index is -0.739. The molecule has 2 aromatic carbocycles. The first-order valence-corrected chi connectivity index (χ1v) is 7.06. The molecule has 0 aromatic heterocycles. The molecule has 0 fully saturated rings.